The Bertz CT molecular complexity index is 487. The lowest BCUT2D eigenvalue weighted by Gasteiger charge is -2.52. The highest BCUT2D eigenvalue weighted by atomic mass is 16.6. The molecule has 1 aliphatic carbocycles. The molecule has 2 atom stereocenters. The summed E-state index contributed by atoms with van der Waals surface area (Å²) in [4.78, 5) is 0. The van der Waals surface area contributed by atoms with Crippen LogP contribution in [0.15, 0.2) is 18.2 Å². The van der Waals surface area contributed by atoms with Crippen LogP contribution >= 0.6 is 0 Å². The number of rotatable bonds is 4. The van der Waals surface area contributed by atoms with Gasteiger partial charge in [-0.1, -0.05) is 13.8 Å². The van der Waals surface area contributed by atoms with E-state index in [0.29, 0.717) is 25.4 Å². The quantitative estimate of drug-likeness (QED) is 0.918. The highest BCUT2D eigenvalue weighted by molar-refractivity contribution is 5.56. The summed E-state index contributed by atoms with van der Waals surface area (Å²) in [6.45, 7) is 8.60. The molecule has 1 heterocycles. The van der Waals surface area contributed by atoms with Gasteiger partial charge in [0.25, 0.3) is 0 Å². The molecular weight excluding hydrogens is 254 g/mol. The molecule has 4 heteroatoms. The van der Waals surface area contributed by atoms with E-state index in [1.54, 1.807) is 0 Å². The summed E-state index contributed by atoms with van der Waals surface area (Å²) in [7, 11) is 0. The lowest BCUT2D eigenvalue weighted by molar-refractivity contribution is -0.0976. The summed E-state index contributed by atoms with van der Waals surface area (Å²) in [5.41, 5.74) is 1.24. The minimum Gasteiger partial charge on any atom is -0.486 e. The topological polar surface area (TPSA) is 39.7 Å². The van der Waals surface area contributed by atoms with Crippen LogP contribution in [0.5, 0.6) is 11.5 Å². The van der Waals surface area contributed by atoms with Crippen molar-refractivity contribution in [1.82, 2.24) is 0 Å². The Morgan fingerprint density at radius 1 is 1.25 bits per heavy atom. The van der Waals surface area contributed by atoms with Gasteiger partial charge in [-0.25, -0.2) is 0 Å². The molecule has 110 valence electrons. The molecule has 0 spiro atoms. The van der Waals surface area contributed by atoms with Crippen LogP contribution in [0.1, 0.15) is 27.2 Å². The molecule has 0 amide bonds. The fourth-order valence-corrected chi connectivity index (χ4v) is 2.95. The minimum absolute atomic E-state index is 0.156. The van der Waals surface area contributed by atoms with Crippen molar-refractivity contribution in [3.05, 3.63) is 18.2 Å². The molecule has 1 N–H and O–H groups in total. The average molecular weight is 277 g/mol. The minimum atomic E-state index is 0.156. The van der Waals surface area contributed by atoms with E-state index >= 15 is 0 Å². The summed E-state index contributed by atoms with van der Waals surface area (Å²) in [5, 5.41) is 3.59. The van der Waals surface area contributed by atoms with Gasteiger partial charge in [0.1, 0.15) is 13.2 Å². The standard InChI is InChI=1S/C16H23NO3/c1-4-18-15-10-14(16(15,2)3)17-11-5-6-12-13(9-11)20-8-7-19-12/h5-6,9,14-15,17H,4,7-8,10H2,1-3H3. The van der Waals surface area contributed by atoms with Crippen LogP contribution in [0, 0.1) is 5.41 Å². The van der Waals surface area contributed by atoms with Gasteiger partial charge in [0.2, 0.25) is 0 Å². The van der Waals surface area contributed by atoms with E-state index in [9.17, 15) is 0 Å². The van der Waals surface area contributed by atoms with Crippen LogP contribution in [0.3, 0.4) is 0 Å². The first-order valence-corrected chi connectivity index (χ1v) is 7.39. The first-order valence-electron chi connectivity index (χ1n) is 7.39. The summed E-state index contributed by atoms with van der Waals surface area (Å²) in [6, 6.07) is 6.49. The zero-order chi connectivity index (χ0) is 14.2. The van der Waals surface area contributed by atoms with E-state index in [4.69, 9.17) is 14.2 Å². The lowest BCUT2D eigenvalue weighted by atomic mass is 9.64. The number of fused-ring (bicyclic) bond motifs is 1. The summed E-state index contributed by atoms with van der Waals surface area (Å²) >= 11 is 0. The number of hydrogen-bond acceptors (Lipinski definition) is 4. The molecule has 1 aliphatic heterocycles. The van der Waals surface area contributed by atoms with Crippen LogP contribution in [0.4, 0.5) is 5.69 Å². The maximum Gasteiger partial charge on any atom is 0.163 e. The Morgan fingerprint density at radius 2 is 2.00 bits per heavy atom. The van der Waals surface area contributed by atoms with Crippen molar-refractivity contribution < 1.29 is 14.2 Å². The molecule has 0 aromatic heterocycles. The summed E-state index contributed by atoms with van der Waals surface area (Å²) < 4.78 is 16.9. The Morgan fingerprint density at radius 3 is 2.70 bits per heavy atom. The van der Waals surface area contributed by atoms with Crippen molar-refractivity contribution in [2.24, 2.45) is 5.41 Å². The molecule has 0 radical (unpaired) electrons. The van der Waals surface area contributed by atoms with E-state index in [-0.39, 0.29) is 5.41 Å². The Hall–Kier alpha value is -1.42. The second-order valence-corrected chi connectivity index (χ2v) is 6.06. The molecule has 1 aromatic carbocycles. The van der Waals surface area contributed by atoms with Gasteiger partial charge in [-0.05, 0) is 25.5 Å². The second kappa shape index (κ2) is 5.17. The van der Waals surface area contributed by atoms with E-state index in [0.717, 1.165) is 30.2 Å². The van der Waals surface area contributed by atoms with Crippen molar-refractivity contribution in [3.63, 3.8) is 0 Å². The predicted molar refractivity (Wildman–Crippen MR) is 78.7 cm³/mol. The van der Waals surface area contributed by atoms with Crippen LogP contribution in [0.2, 0.25) is 0 Å². The fourth-order valence-electron chi connectivity index (χ4n) is 2.95. The zero-order valence-corrected chi connectivity index (χ0v) is 12.4. The Kier molecular flexibility index (Phi) is 3.50. The van der Waals surface area contributed by atoms with Crippen molar-refractivity contribution in [2.75, 3.05) is 25.1 Å². The van der Waals surface area contributed by atoms with Crippen LogP contribution in [0.25, 0.3) is 0 Å². The predicted octanol–water partition coefficient (Wildman–Crippen LogP) is 3.07. The molecule has 2 aliphatic rings. The van der Waals surface area contributed by atoms with E-state index in [1.165, 1.54) is 0 Å². The number of ether oxygens (including phenoxy) is 3. The van der Waals surface area contributed by atoms with Crippen molar-refractivity contribution in [3.8, 4) is 11.5 Å². The zero-order valence-electron chi connectivity index (χ0n) is 12.4. The molecule has 3 rings (SSSR count). The molecule has 0 bridgehead atoms. The molecule has 1 fully saturated rings. The number of anilines is 1. The summed E-state index contributed by atoms with van der Waals surface area (Å²) in [5.74, 6) is 1.67. The van der Waals surface area contributed by atoms with Gasteiger partial charge in [-0.3, -0.25) is 0 Å². The third-order valence-corrected chi connectivity index (χ3v) is 4.43. The van der Waals surface area contributed by atoms with Gasteiger partial charge in [0.05, 0.1) is 6.10 Å². The highest BCUT2D eigenvalue weighted by Crippen LogP contribution is 2.45. The van der Waals surface area contributed by atoms with Crippen LogP contribution in [-0.4, -0.2) is 32.0 Å². The maximum absolute atomic E-state index is 5.77. The van der Waals surface area contributed by atoms with Gasteiger partial charge < -0.3 is 19.5 Å². The molecule has 20 heavy (non-hydrogen) atoms. The molecule has 1 saturated carbocycles. The molecule has 4 nitrogen and oxygen atoms in total. The normalized spacial score (nSPS) is 26.8. The Labute approximate surface area is 120 Å². The lowest BCUT2D eigenvalue weighted by Crippen LogP contribution is -2.58. The van der Waals surface area contributed by atoms with E-state index < -0.39 is 0 Å². The molecule has 1 aromatic rings. The van der Waals surface area contributed by atoms with Crippen LogP contribution in [-0.2, 0) is 4.74 Å². The monoisotopic (exact) mass is 277 g/mol. The number of hydrogen-bond donors (Lipinski definition) is 1. The van der Waals surface area contributed by atoms with Gasteiger partial charge >= 0.3 is 0 Å². The second-order valence-electron chi connectivity index (χ2n) is 6.06. The number of nitrogens with one attached hydrogen (secondary N) is 1. The summed E-state index contributed by atoms with van der Waals surface area (Å²) in [6.07, 6.45) is 1.40. The Balaban J connectivity index is 1.67. The molecular formula is C16H23NO3. The molecule has 2 unspecified atom stereocenters. The average Bonchev–Trinajstić information content (AvgIpc) is 2.46. The van der Waals surface area contributed by atoms with Crippen LogP contribution < -0.4 is 14.8 Å². The van der Waals surface area contributed by atoms with E-state index in [1.807, 2.05) is 12.1 Å². The van der Waals surface area contributed by atoms with Crippen molar-refractivity contribution in [2.45, 2.75) is 39.3 Å². The third-order valence-electron chi connectivity index (χ3n) is 4.43. The number of benzene rings is 1. The van der Waals surface area contributed by atoms with Crippen molar-refractivity contribution >= 4 is 5.69 Å². The SMILES string of the molecule is CCOC1CC(Nc2ccc3c(c2)OCCO3)C1(C)C. The fraction of sp³-hybridized carbons (Fsp3) is 0.625. The van der Waals surface area contributed by atoms with Gasteiger partial charge in [0.15, 0.2) is 11.5 Å². The first-order chi connectivity index (χ1) is 9.61. The largest absolute Gasteiger partial charge is 0.486 e. The van der Waals surface area contributed by atoms with Gasteiger partial charge in [-0.15, -0.1) is 0 Å². The maximum atomic E-state index is 5.77. The highest BCUT2D eigenvalue weighted by Gasteiger charge is 2.48. The van der Waals surface area contributed by atoms with Crippen molar-refractivity contribution in [1.29, 1.82) is 0 Å². The van der Waals surface area contributed by atoms with Gasteiger partial charge in [0, 0.05) is 29.8 Å². The van der Waals surface area contributed by atoms with E-state index in [2.05, 4.69) is 32.2 Å². The molecule has 0 saturated heterocycles. The van der Waals surface area contributed by atoms with Gasteiger partial charge in [-0.2, -0.15) is 0 Å². The first kappa shape index (κ1) is 13.6. The third kappa shape index (κ3) is 2.33. The smallest absolute Gasteiger partial charge is 0.163 e.